The van der Waals surface area contributed by atoms with E-state index in [0.717, 1.165) is 6.42 Å². The van der Waals surface area contributed by atoms with Crippen molar-refractivity contribution < 1.29 is 10.2 Å². The summed E-state index contributed by atoms with van der Waals surface area (Å²) in [6.07, 6.45) is 0.215. The molecule has 0 aromatic rings. The van der Waals surface area contributed by atoms with Gasteiger partial charge in [0.25, 0.3) is 0 Å². The van der Waals surface area contributed by atoms with Crippen molar-refractivity contribution in [1.29, 1.82) is 0 Å². The normalized spacial score (nSPS) is 8.57. The molecule has 7 heavy (non-hydrogen) atoms. The van der Waals surface area contributed by atoms with Crippen LogP contribution in [0.15, 0.2) is 0 Å². The van der Waals surface area contributed by atoms with Gasteiger partial charge in [0.15, 0.2) is 6.29 Å². The zero-order chi connectivity index (χ0) is 4.99. The molecule has 0 unspecified atom stereocenters. The van der Waals surface area contributed by atoms with Crippen molar-refractivity contribution in [2.75, 3.05) is 0 Å². The maximum atomic E-state index is 8.11. The molecule has 0 heterocycles. The quantitative estimate of drug-likeness (QED) is 0.381. The molecule has 0 saturated carbocycles. The Hall–Kier alpha value is 1.18. The summed E-state index contributed by atoms with van der Waals surface area (Å²) in [6, 6.07) is 0. The van der Waals surface area contributed by atoms with E-state index in [-0.39, 0.29) is 37.7 Å². The van der Waals surface area contributed by atoms with Crippen LogP contribution in [0.25, 0.3) is 0 Å². The SMILES string of the molecule is CCCC(O)O.[CaH2]. The Morgan fingerprint density at radius 3 is 1.86 bits per heavy atom. The van der Waals surface area contributed by atoms with Crippen LogP contribution in [-0.2, 0) is 0 Å². The molecule has 2 N–H and O–H groups in total. The van der Waals surface area contributed by atoms with E-state index >= 15 is 0 Å². The Kier molecular flexibility index (Phi) is 11.3. The summed E-state index contributed by atoms with van der Waals surface area (Å²) < 4.78 is 0. The second kappa shape index (κ2) is 7.18. The molecule has 0 saturated heterocycles. The summed E-state index contributed by atoms with van der Waals surface area (Å²) >= 11 is 0. The fraction of sp³-hybridized carbons (Fsp3) is 1.00. The van der Waals surface area contributed by atoms with Crippen LogP contribution < -0.4 is 0 Å². The van der Waals surface area contributed by atoms with E-state index in [2.05, 4.69) is 0 Å². The first-order chi connectivity index (χ1) is 2.77. The number of rotatable bonds is 2. The second-order valence-electron chi connectivity index (χ2n) is 1.27. The third-order valence-electron chi connectivity index (χ3n) is 0.547. The first-order valence-corrected chi connectivity index (χ1v) is 2.13. The summed E-state index contributed by atoms with van der Waals surface area (Å²) in [5, 5.41) is 16.2. The minimum absolute atomic E-state index is 0. The van der Waals surface area contributed by atoms with Crippen LogP contribution in [0.5, 0.6) is 0 Å². The fourth-order valence-corrected chi connectivity index (χ4v) is 0.258. The maximum absolute atomic E-state index is 8.11. The van der Waals surface area contributed by atoms with E-state index in [1.807, 2.05) is 6.92 Å². The van der Waals surface area contributed by atoms with Crippen molar-refractivity contribution in [1.82, 2.24) is 0 Å². The second-order valence-corrected chi connectivity index (χ2v) is 1.27. The molecule has 0 fully saturated rings. The first kappa shape index (κ1) is 11.0. The molecule has 0 atom stereocenters. The van der Waals surface area contributed by atoms with Crippen molar-refractivity contribution in [3.05, 3.63) is 0 Å². The molecule has 0 radical (unpaired) electrons. The number of hydrogen-bond donors (Lipinski definition) is 2. The zero-order valence-electron chi connectivity index (χ0n) is 3.89. The van der Waals surface area contributed by atoms with Crippen LogP contribution in [0.3, 0.4) is 0 Å². The molecule has 0 aromatic carbocycles. The summed E-state index contributed by atoms with van der Waals surface area (Å²) in [7, 11) is 0. The van der Waals surface area contributed by atoms with E-state index < -0.39 is 6.29 Å². The summed E-state index contributed by atoms with van der Waals surface area (Å²) in [5.41, 5.74) is 0. The van der Waals surface area contributed by atoms with Gasteiger partial charge >= 0.3 is 37.7 Å². The Labute approximate surface area is 73.5 Å². The third-order valence-corrected chi connectivity index (χ3v) is 0.547. The van der Waals surface area contributed by atoms with E-state index in [4.69, 9.17) is 10.2 Å². The van der Waals surface area contributed by atoms with Gasteiger partial charge in [-0.1, -0.05) is 13.3 Å². The van der Waals surface area contributed by atoms with E-state index in [1.165, 1.54) is 0 Å². The van der Waals surface area contributed by atoms with Gasteiger partial charge in [-0.15, -0.1) is 0 Å². The average molecular weight is 132 g/mol. The molecule has 0 aliphatic heterocycles. The summed E-state index contributed by atoms with van der Waals surface area (Å²) in [4.78, 5) is 0. The van der Waals surface area contributed by atoms with Crippen LogP contribution in [0.1, 0.15) is 19.8 Å². The Morgan fingerprint density at radius 2 is 1.86 bits per heavy atom. The number of aliphatic hydroxyl groups is 2. The van der Waals surface area contributed by atoms with Crippen LogP contribution in [0, 0.1) is 0 Å². The van der Waals surface area contributed by atoms with Crippen molar-refractivity contribution in [2.45, 2.75) is 26.1 Å². The van der Waals surface area contributed by atoms with Crippen molar-refractivity contribution >= 4 is 37.7 Å². The molecule has 0 rings (SSSR count). The van der Waals surface area contributed by atoms with Crippen LogP contribution in [-0.4, -0.2) is 54.2 Å². The molecule has 3 heteroatoms. The Bertz CT molecular complexity index is 30.9. The monoisotopic (exact) mass is 132 g/mol. The Morgan fingerprint density at radius 1 is 1.43 bits per heavy atom. The van der Waals surface area contributed by atoms with Crippen molar-refractivity contribution in [3.63, 3.8) is 0 Å². The van der Waals surface area contributed by atoms with Gasteiger partial charge < -0.3 is 10.2 Å². The molecule has 0 spiro atoms. The van der Waals surface area contributed by atoms with E-state index in [0.29, 0.717) is 6.42 Å². The van der Waals surface area contributed by atoms with Gasteiger partial charge in [0.05, 0.1) is 0 Å². The average Bonchev–Trinajstić information content (AvgIpc) is 1.35. The van der Waals surface area contributed by atoms with Gasteiger partial charge in [-0.3, -0.25) is 0 Å². The molecular formula is C4H12CaO2. The van der Waals surface area contributed by atoms with Crippen molar-refractivity contribution in [3.8, 4) is 0 Å². The number of hydrogen-bond acceptors (Lipinski definition) is 2. The number of aliphatic hydroxyl groups excluding tert-OH is 1. The molecular weight excluding hydrogens is 120 g/mol. The molecule has 42 valence electrons. The van der Waals surface area contributed by atoms with Crippen molar-refractivity contribution in [2.24, 2.45) is 0 Å². The van der Waals surface area contributed by atoms with Gasteiger partial charge in [0.1, 0.15) is 0 Å². The molecule has 0 bridgehead atoms. The molecule has 0 aliphatic carbocycles. The molecule has 2 nitrogen and oxygen atoms in total. The topological polar surface area (TPSA) is 40.5 Å². The minimum atomic E-state index is -1.10. The van der Waals surface area contributed by atoms with Gasteiger partial charge in [-0.25, -0.2) is 0 Å². The Balaban J connectivity index is 0. The van der Waals surface area contributed by atoms with E-state index in [1.54, 1.807) is 0 Å². The fourth-order valence-electron chi connectivity index (χ4n) is 0.258. The third kappa shape index (κ3) is 11.0. The zero-order valence-corrected chi connectivity index (χ0v) is 3.89. The molecule has 0 amide bonds. The summed E-state index contributed by atoms with van der Waals surface area (Å²) in [5.74, 6) is 0. The molecule has 0 aromatic heterocycles. The van der Waals surface area contributed by atoms with Crippen LogP contribution in [0.4, 0.5) is 0 Å². The van der Waals surface area contributed by atoms with Crippen LogP contribution in [0.2, 0.25) is 0 Å². The predicted octanol–water partition coefficient (Wildman–Crippen LogP) is -0.819. The van der Waals surface area contributed by atoms with Gasteiger partial charge in [-0.05, 0) is 6.42 Å². The predicted molar refractivity (Wildman–Crippen MR) is 31.7 cm³/mol. The van der Waals surface area contributed by atoms with Gasteiger partial charge in [0.2, 0.25) is 0 Å². The van der Waals surface area contributed by atoms with Gasteiger partial charge in [-0.2, -0.15) is 0 Å². The molecule has 0 aliphatic rings. The standard InChI is InChI=1S/C4H10O2.Ca.2H/c1-2-3-4(5)6;;;/h4-6H,2-3H2,1H3;;;. The van der Waals surface area contributed by atoms with E-state index in [9.17, 15) is 0 Å². The first-order valence-electron chi connectivity index (χ1n) is 2.13. The van der Waals surface area contributed by atoms with Gasteiger partial charge in [0, 0.05) is 0 Å². The summed E-state index contributed by atoms with van der Waals surface area (Å²) in [6.45, 7) is 1.90. The van der Waals surface area contributed by atoms with Crippen LogP contribution >= 0.6 is 0 Å².